The van der Waals surface area contributed by atoms with Crippen molar-refractivity contribution in [1.29, 1.82) is 0 Å². The highest BCUT2D eigenvalue weighted by atomic mass is 19.4. The topological polar surface area (TPSA) is 82.1 Å². The van der Waals surface area contributed by atoms with Gasteiger partial charge in [0.1, 0.15) is 29.4 Å². The lowest BCUT2D eigenvalue weighted by Crippen LogP contribution is -2.10. The zero-order chi connectivity index (χ0) is 28.3. The molecular weight excluding hydrogens is 513 g/mol. The lowest BCUT2D eigenvalue weighted by molar-refractivity contribution is -0.137. The standard InChI is InChI=1S/C30H31F3O6/c1-2-3-4-5-6-7-18-37-24-14-10-22(11-15-24)28(35)39-25-16-17-27(34)26(19-25)29(36)38-20-21-8-12-23(13-9-21)30(31,32)33/h8-17,19,34H,2-7,18,20H2,1H3. The van der Waals surface area contributed by atoms with E-state index in [0.717, 1.165) is 31.0 Å². The predicted molar refractivity (Wildman–Crippen MR) is 139 cm³/mol. The van der Waals surface area contributed by atoms with E-state index in [9.17, 15) is 27.9 Å². The van der Waals surface area contributed by atoms with Gasteiger partial charge in [-0.1, -0.05) is 51.2 Å². The molecule has 0 unspecified atom stereocenters. The van der Waals surface area contributed by atoms with Crippen LogP contribution in [0, 0.1) is 0 Å². The highest BCUT2D eigenvalue weighted by Crippen LogP contribution is 2.29. The number of hydrogen-bond acceptors (Lipinski definition) is 6. The normalized spacial score (nSPS) is 11.2. The van der Waals surface area contributed by atoms with Gasteiger partial charge in [-0.15, -0.1) is 0 Å². The zero-order valence-electron chi connectivity index (χ0n) is 21.6. The Balaban J connectivity index is 1.51. The van der Waals surface area contributed by atoms with E-state index in [1.165, 1.54) is 49.9 Å². The van der Waals surface area contributed by atoms with Crippen LogP contribution in [0.1, 0.15) is 77.3 Å². The van der Waals surface area contributed by atoms with Crippen LogP contribution in [-0.4, -0.2) is 23.7 Å². The van der Waals surface area contributed by atoms with Gasteiger partial charge in [0.25, 0.3) is 0 Å². The first kappa shape index (κ1) is 29.5. The van der Waals surface area contributed by atoms with E-state index in [0.29, 0.717) is 17.9 Å². The van der Waals surface area contributed by atoms with Gasteiger partial charge in [0.2, 0.25) is 0 Å². The summed E-state index contributed by atoms with van der Waals surface area (Å²) in [6, 6.07) is 14.3. The number of carbonyl (C=O) groups is 2. The van der Waals surface area contributed by atoms with Crippen molar-refractivity contribution in [1.82, 2.24) is 0 Å². The van der Waals surface area contributed by atoms with Crippen molar-refractivity contribution in [3.63, 3.8) is 0 Å². The maximum Gasteiger partial charge on any atom is 0.416 e. The molecule has 0 saturated carbocycles. The number of carbonyl (C=O) groups excluding carboxylic acids is 2. The number of hydrogen-bond donors (Lipinski definition) is 1. The van der Waals surface area contributed by atoms with Crippen molar-refractivity contribution in [3.8, 4) is 17.2 Å². The summed E-state index contributed by atoms with van der Waals surface area (Å²) in [4.78, 5) is 25.0. The highest BCUT2D eigenvalue weighted by Gasteiger charge is 2.30. The summed E-state index contributed by atoms with van der Waals surface area (Å²) in [6.45, 7) is 2.47. The minimum atomic E-state index is -4.47. The molecule has 0 radical (unpaired) electrons. The average molecular weight is 545 g/mol. The Labute approximate surface area is 225 Å². The second kappa shape index (κ2) is 14.2. The number of phenolic OH excluding ortho intramolecular Hbond substituents is 1. The Bertz CT molecular complexity index is 1220. The summed E-state index contributed by atoms with van der Waals surface area (Å²) in [5.74, 6) is -1.37. The third-order valence-corrected chi connectivity index (χ3v) is 5.91. The Morgan fingerprint density at radius 1 is 0.795 bits per heavy atom. The molecule has 0 aliphatic carbocycles. The maximum atomic E-state index is 12.7. The Kier molecular flexibility index (Phi) is 10.8. The lowest BCUT2D eigenvalue weighted by atomic mass is 10.1. The van der Waals surface area contributed by atoms with E-state index in [4.69, 9.17) is 14.2 Å². The van der Waals surface area contributed by atoms with E-state index < -0.39 is 29.4 Å². The van der Waals surface area contributed by atoms with Crippen LogP contribution in [0.5, 0.6) is 17.2 Å². The minimum Gasteiger partial charge on any atom is -0.507 e. The summed E-state index contributed by atoms with van der Waals surface area (Å²) < 4.78 is 54.2. The number of esters is 2. The molecular formula is C30H31F3O6. The number of halogens is 3. The maximum absolute atomic E-state index is 12.7. The van der Waals surface area contributed by atoms with Crippen molar-refractivity contribution in [3.05, 3.63) is 89.0 Å². The molecule has 0 spiro atoms. The molecule has 0 atom stereocenters. The van der Waals surface area contributed by atoms with E-state index in [-0.39, 0.29) is 23.5 Å². The van der Waals surface area contributed by atoms with Crippen LogP contribution in [0.3, 0.4) is 0 Å². The van der Waals surface area contributed by atoms with Crippen molar-refractivity contribution < 1.29 is 42.1 Å². The van der Waals surface area contributed by atoms with Gasteiger partial charge >= 0.3 is 18.1 Å². The first-order chi connectivity index (χ1) is 18.7. The SMILES string of the molecule is CCCCCCCCOc1ccc(C(=O)Oc2ccc(O)c(C(=O)OCc3ccc(C(F)(F)F)cc3)c2)cc1. The number of alkyl halides is 3. The third kappa shape index (κ3) is 9.35. The highest BCUT2D eigenvalue weighted by molar-refractivity contribution is 5.94. The van der Waals surface area contributed by atoms with Crippen molar-refractivity contribution >= 4 is 11.9 Å². The summed E-state index contributed by atoms with van der Waals surface area (Å²) in [5, 5.41) is 10.1. The molecule has 3 aromatic rings. The largest absolute Gasteiger partial charge is 0.507 e. The predicted octanol–water partition coefficient (Wildman–Crippen LogP) is 7.73. The molecule has 0 aliphatic heterocycles. The Morgan fingerprint density at radius 3 is 2.10 bits per heavy atom. The monoisotopic (exact) mass is 544 g/mol. The zero-order valence-corrected chi connectivity index (χ0v) is 21.6. The first-order valence-corrected chi connectivity index (χ1v) is 12.8. The van der Waals surface area contributed by atoms with Gasteiger partial charge in [0, 0.05) is 0 Å². The Hall–Kier alpha value is -4.01. The minimum absolute atomic E-state index is 0.00248. The van der Waals surface area contributed by atoms with Gasteiger partial charge in [-0.25, -0.2) is 9.59 Å². The Morgan fingerprint density at radius 2 is 1.44 bits per heavy atom. The van der Waals surface area contributed by atoms with Crippen LogP contribution in [0.15, 0.2) is 66.7 Å². The van der Waals surface area contributed by atoms with Crippen molar-refractivity contribution in [2.45, 2.75) is 58.2 Å². The smallest absolute Gasteiger partial charge is 0.416 e. The fourth-order valence-corrected chi connectivity index (χ4v) is 3.68. The number of benzene rings is 3. The van der Waals surface area contributed by atoms with E-state index in [2.05, 4.69) is 6.92 Å². The van der Waals surface area contributed by atoms with Gasteiger partial charge in [-0.05, 0) is 66.6 Å². The van der Waals surface area contributed by atoms with Gasteiger partial charge in [-0.2, -0.15) is 13.2 Å². The number of aromatic hydroxyl groups is 1. The number of phenols is 1. The van der Waals surface area contributed by atoms with Gasteiger partial charge in [0.05, 0.1) is 17.7 Å². The molecule has 0 aromatic heterocycles. The average Bonchev–Trinajstić information content (AvgIpc) is 2.92. The molecule has 1 N–H and O–H groups in total. The molecule has 0 heterocycles. The van der Waals surface area contributed by atoms with Crippen LogP contribution >= 0.6 is 0 Å². The van der Waals surface area contributed by atoms with E-state index in [1.54, 1.807) is 24.3 Å². The summed E-state index contributed by atoms with van der Waals surface area (Å²) in [6.07, 6.45) is 2.49. The number of rotatable bonds is 13. The molecule has 0 fully saturated rings. The molecule has 0 saturated heterocycles. The van der Waals surface area contributed by atoms with Crippen LogP contribution in [-0.2, 0) is 17.5 Å². The summed E-state index contributed by atoms with van der Waals surface area (Å²) >= 11 is 0. The van der Waals surface area contributed by atoms with E-state index >= 15 is 0 Å². The molecule has 0 aliphatic rings. The van der Waals surface area contributed by atoms with Crippen molar-refractivity contribution in [2.75, 3.05) is 6.61 Å². The van der Waals surface area contributed by atoms with Crippen LogP contribution in [0.4, 0.5) is 13.2 Å². The summed E-state index contributed by atoms with van der Waals surface area (Å²) in [5.41, 5.74) is -0.482. The fraction of sp³-hybridized carbons (Fsp3) is 0.333. The van der Waals surface area contributed by atoms with Gasteiger partial charge < -0.3 is 19.3 Å². The molecule has 39 heavy (non-hydrogen) atoms. The van der Waals surface area contributed by atoms with Gasteiger partial charge in [0.15, 0.2) is 0 Å². The van der Waals surface area contributed by atoms with Crippen LogP contribution in [0.25, 0.3) is 0 Å². The first-order valence-electron chi connectivity index (χ1n) is 12.8. The fourth-order valence-electron chi connectivity index (χ4n) is 3.68. The van der Waals surface area contributed by atoms with E-state index in [1.807, 2.05) is 0 Å². The third-order valence-electron chi connectivity index (χ3n) is 5.91. The summed E-state index contributed by atoms with van der Waals surface area (Å²) in [7, 11) is 0. The molecule has 3 rings (SSSR count). The molecule has 0 amide bonds. The lowest BCUT2D eigenvalue weighted by Gasteiger charge is -2.10. The molecule has 9 heteroatoms. The van der Waals surface area contributed by atoms with Crippen molar-refractivity contribution in [2.24, 2.45) is 0 Å². The molecule has 208 valence electrons. The quantitative estimate of drug-likeness (QED) is 0.135. The number of ether oxygens (including phenoxy) is 3. The van der Waals surface area contributed by atoms with Gasteiger partial charge in [-0.3, -0.25) is 0 Å². The number of unbranched alkanes of at least 4 members (excludes halogenated alkanes) is 5. The van der Waals surface area contributed by atoms with Crippen LogP contribution < -0.4 is 9.47 Å². The molecule has 3 aromatic carbocycles. The molecule has 0 bridgehead atoms. The second-order valence-corrected chi connectivity index (χ2v) is 8.98. The molecule has 6 nitrogen and oxygen atoms in total. The van der Waals surface area contributed by atoms with Crippen LogP contribution in [0.2, 0.25) is 0 Å². The second-order valence-electron chi connectivity index (χ2n) is 8.98.